The molecule has 1 aliphatic carbocycles. The van der Waals surface area contributed by atoms with Gasteiger partial charge in [0.1, 0.15) is 0 Å². The topological polar surface area (TPSA) is 29.1 Å². The second kappa shape index (κ2) is 5.23. The van der Waals surface area contributed by atoms with Gasteiger partial charge in [0, 0.05) is 6.42 Å². The van der Waals surface area contributed by atoms with Crippen molar-refractivity contribution >= 4 is 5.78 Å². The minimum Gasteiger partial charge on any atom is -0.306 e. The quantitative estimate of drug-likeness (QED) is 0.864. The van der Waals surface area contributed by atoms with Crippen LogP contribution in [0.25, 0.3) is 0 Å². The van der Waals surface area contributed by atoms with Crippen molar-refractivity contribution in [2.45, 2.75) is 52.0 Å². The largest absolute Gasteiger partial charge is 0.306 e. The molecule has 2 nitrogen and oxygen atoms in total. The molecular weight excluding hydrogens is 222 g/mol. The van der Waals surface area contributed by atoms with Crippen molar-refractivity contribution in [3.05, 3.63) is 34.9 Å². The Morgan fingerprint density at radius 2 is 2.00 bits per heavy atom. The van der Waals surface area contributed by atoms with Gasteiger partial charge >= 0.3 is 0 Å². The molecule has 0 amide bonds. The van der Waals surface area contributed by atoms with Gasteiger partial charge in [-0.1, -0.05) is 25.1 Å². The van der Waals surface area contributed by atoms with E-state index < -0.39 is 5.54 Å². The first-order valence-electron chi connectivity index (χ1n) is 6.92. The number of aryl methyl sites for hydroxylation is 2. The number of fused-ring (bicyclic) bond motifs is 1. The van der Waals surface area contributed by atoms with Crippen molar-refractivity contribution < 1.29 is 4.79 Å². The van der Waals surface area contributed by atoms with Gasteiger partial charge in [-0.25, -0.2) is 0 Å². The van der Waals surface area contributed by atoms with Crippen LogP contribution in [0.15, 0.2) is 18.2 Å². The van der Waals surface area contributed by atoms with Crippen LogP contribution in [0.5, 0.6) is 0 Å². The summed E-state index contributed by atoms with van der Waals surface area (Å²) in [4.78, 5) is 12.3. The molecule has 2 heteroatoms. The van der Waals surface area contributed by atoms with Crippen molar-refractivity contribution in [1.29, 1.82) is 0 Å². The molecule has 0 unspecified atom stereocenters. The average molecular weight is 245 g/mol. The molecule has 98 valence electrons. The smallest absolute Gasteiger partial charge is 0.156 e. The standard InChI is InChI=1S/C16H23NO/c1-4-17-16(2,3)15(18)11-12-8-9-13-6-5-7-14(13)10-12/h8-10,17H,4-7,11H2,1-3H3. The van der Waals surface area contributed by atoms with Gasteiger partial charge in [0.05, 0.1) is 5.54 Å². The van der Waals surface area contributed by atoms with Gasteiger partial charge in [0.2, 0.25) is 0 Å². The maximum atomic E-state index is 12.3. The maximum absolute atomic E-state index is 12.3. The van der Waals surface area contributed by atoms with E-state index in [0.717, 1.165) is 12.1 Å². The van der Waals surface area contributed by atoms with Gasteiger partial charge in [-0.05, 0) is 56.3 Å². The Hall–Kier alpha value is -1.15. The van der Waals surface area contributed by atoms with Crippen LogP contribution in [0, 0.1) is 0 Å². The molecule has 1 aromatic carbocycles. The zero-order chi connectivity index (χ0) is 13.2. The Bertz CT molecular complexity index is 448. The number of ketones is 1. The summed E-state index contributed by atoms with van der Waals surface area (Å²) in [5, 5.41) is 3.24. The number of nitrogens with one attached hydrogen (secondary N) is 1. The fourth-order valence-electron chi connectivity index (χ4n) is 2.68. The van der Waals surface area contributed by atoms with Crippen LogP contribution in [0.2, 0.25) is 0 Å². The van der Waals surface area contributed by atoms with E-state index in [2.05, 4.69) is 23.5 Å². The number of carbonyl (C=O) groups excluding carboxylic acids is 1. The third-order valence-electron chi connectivity index (χ3n) is 3.84. The minimum atomic E-state index is -0.423. The van der Waals surface area contributed by atoms with Gasteiger partial charge in [0.25, 0.3) is 0 Å². The van der Waals surface area contributed by atoms with E-state index in [1.54, 1.807) is 0 Å². The highest BCUT2D eigenvalue weighted by molar-refractivity contribution is 5.89. The van der Waals surface area contributed by atoms with E-state index in [1.165, 1.54) is 30.4 Å². The van der Waals surface area contributed by atoms with Crippen LogP contribution in [0.4, 0.5) is 0 Å². The zero-order valence-electron chi connectivity index (χ0n) is 11.7. The zero-order valence-corrected chi connectivity index (χ0v) is 11.7. The van der Waals surface area contributed by atoms with Crippen molar-refractivity contribution in [2.24, 2.45) is 0 Å². The van der Waals surface area contributed by atoms with Crippen LogP contribution in [-0.2, 0) is 24.1 Å². The molecule has 0 aliphatic heterocycles. The first-order valence-corrected chi connectivity index (χ1v) is 6.92. The summed E-state index contributed by atoms with van der Waals surface area (Å²) in [6.07, 6.45) is 4.17. The normalized spacial score (nSPS) is 14.6. The highest BCUT2D eigenvalue weighted by atomic mass is 16.1. The van der Waals surface area contributed by atoms with E-state index >= 15 is 0 Å². The Morgan fingerprint density at radius 1 is 1.28 bits per heavy atom. The second-order valence-corrected chi connectivity index (χ2v) is 5.71. The molecule has 0 saturated carbocycles. The molecule has 0 radical (unpaired) electrons. The second-order valence-electron chi connectivity index (χ2n) is 5.71. The molecule has 0 saturated heterocycles. The fourth-order valence-corrected chi connectivity index (χ4v) is 2.68. The van der Waals surface area contributed by atoms with Crippen molar-refractivity contribution in [1.82, 2.24) is 5.32 Å². The Balaban J connectivity index is 2.08. The van der Waals surface area contributed by atoms with Gasteiger partial charge in [-0.2, -0.15) is 0 Å². The summed E-state index contributed by atoms with van der Waals surface area (Å²) >= 11 is 0. The van der Waals surface area contributed by atoms with E-state index in [-0.39, 0.29) is 5.78 Å². The van der Waals surface area contributed by atoms with E-state index in [0.29, 0.717) is 6.42 Å². The van der Waals surface area contributed by atoms with Crippen LogP contribution in [0.1, 0.15) is 43.9 Å². The number of rotatable bonds is 5. The van der Waals surface area contributed by atoms with Crippen molar-refractivity contribution in [2.75, 3.05) is 6.54 Å². The summed E-state index contributed by atoms with van der Waals surface area (Å²) in [7, 11) is 0. The van der Waals surface area contributed by atoms with Crippen LogP contribution < -0.4 is 5.32 Å². The Labute approximate surface area is 110 Å². The van der Waals surface area contributed by atoms with Gasteiger partial charge in [0.15, 0.2) is 5.78 Å². The SMILES string of the molecule is CCNC(C)(C)C(=O)Cc1ccc2c(c1)CCC2. The Morgan fingerprint density at radius 3 is 2.72 bits per heavy atom. The molecule has 0 spiro atoms. The highest BCUT2D eigenvalue weighted by Crippen LogP contribution is 2.23. The lowest BCUT2D eigenvalue weighted by atomic mass is 9.92. The first kappa shape index (κ1) is 13.3. The van der Waals surface area contributed by atoms with E-state index in [9.17, 15) is 4.79 Å². The number of hydrogen-bond donors (Lipinski definition) is 1. The Kier molecular flexibility index (Phi) is 3.86. The summed E-state index contributed by atoms with van der Waals surface area (Å²) < 4.78 is 0. The van der Waals surface area contributed by atoms with Crippen LogP contribution in [-0.4, -0.2) is 17.9 Å². The molecule has 0 aromatic heterocycles. The number of Topliss-reactive ketones (excluding diaryl/α,β-unsaturated/α-hetero) is 1. The summed E-state index contributed by atoms with van der Waals surface area (Å²) in [6.45, 7) is 6.78. The lowest BCUT2D eigenvalue weighted by molar-refractivity contribution is -0.123. The predicted octanol–water partition coefficient (Wildman–Crippen LogP) is 2.68. The van der Waals surface area contributed by atoms with Crippen LogP contribution >= 0.6 is 0 Å². The van der Waals surface area contributed by atoms with Crippen LogP contribution in [0.3, 0.4) is 0 Å². The molecule has 0 atom stereocenters. The third kappa shape index (κ3) is 2.81. The molecule has 0 fully saturated rings. The molecule has 18 heavy (non-hydrogen) atoms. The lowest BCUT2D eigenvalue weighted by Crippen LogP contribution is -2.47. The molecule has 2 rings (SSSR count). The van der Waals surface area contributed by atoms with Gasteiger partial charge in [-0.3, -0.25) is 4.79 Å². The third-order valence-corrected chi connectivity index (χ3v) is 3.84. The molecule has 1 aromatic rings. The average Bonchev–Trinajstić information content (AvgIpc) is 2.76. The maximum Gasteiger partial charge on any atom is 0.156 e. The predicted molar refractivity (Wildman–Crippen MR) is 74.9 cm³/mol. The monoisotopic (exact) mass is 245 g/mol. The number of benzene rings is 1. The summed E-state index contributed by atoms with van der Waals surface area (Å²) in [6, 6.07) is 6.54. The van der Waals surface area contributed by atoms with Crippen molar-refractivity contribution in [3.63, 3.8) is 0 Å². The van der Waals surface area contributed by atoms with Crippen molar-refractivity contribution in [3.8, 4) is 0 Å². The highest BCUT2D eigenvalue weighted by Gasteiger charge is 2.26. The summed E-state index contributed by atoms with van der Waals surface area (Å²) in [5.74, 6) is 0.266. The first-order chi connectivity index (χ1) is 8.53. The summed E-state index contributed by atoms with van der Waals surface area (Å²) in [5.41, 5.74) is 3.65. The van der Waals surface area contributed by atoms with E-state index in [4.69, 9.17) is 0 Å². The molecule has 1 aliphatic rings. The number of hydrogen-bond acceptors (Lipinski definition) is 2. The molecule has 0 heterocycles. The molecule has 0 bridgehead atoms. The molecular formula is C16H23NO. The van der Waals surface area contributed by atoms with Gasteiger partial charge < -0.3 is 5.32 Å². The van der Waals surface area contributed by atoms with Gasteiger partial charge in [-0.15, -0.1) is 0 Å². The minimum absolute atomic E-state index is 0.266. The number of likely N-dealkylation sites (N-methyl/N-ethyl adjacent to an activating group) is 1. The van der Waals surface area contributed by atoms with E-state index in [1.807, 2.05) is 20.8 Å². The fraction of sp³-hybridized carbons (Fsp3) is 0.562. The lowest BCUT2D eigenvalue weighted by Gasteiger charge is -2.24. The molecule has 1 N–H and O–H groups in total. The number of carbonyl (C=O) groups is 1.